The van der Waals surface area contributed by atoms with Gasteiger partial charge in [0, 0.05) is 37.7 Å². The van der Waals surface area contributed by atoms with E-state index in [1.807, 2.05) is 0 Å². The number of halogens is 2. The predicted molar refractivity (Wildman–Crippen MR) is 123 cm³/mol. The number of hydrogen-bond acceptors (Lipinski definition) is 4. The van der Waals surface area contributed by atoms with E-state index in [1.54, 1.807) is 37.4 Å². The monoisotopic (exact) mass is 451 g/mol. The van der Waals surface area contributed by atoms with Gasteiger partial charge in [-0.15, -0.1) is 0 Å². The third kappa shape index (κ3) is 6.80. The zero-order chi connectivity index (χ0) is 21.3. The van der Waals surface area contributed by atoms with Crippen molar-refractivity contribution in [3.8, 4) is 5.75 Å². The molecule has 0 radical (unpaired) electrons. The summed E-state index contributed by atoms with van der Waals surface area (Å²) in [4.78, 5) is 4.49. The van der Waals surface area contributed by atoms with Gasteiger partial charge in [-0.1, -0.05) is 23.7 Å². The second kappa shape index (κ2) is 11.5. The molecule has 30 heavy (non-hydrogen) atoms. The number of morpholine rings is 1. The SMILES string of the molecule is COc1ccc(Cl)cc1NC(=S)N(CCCN1CCOCC1)Cc1ccc(F)cc1. The molecule has 1 aliphatic heterocycles. The van der Waals surface area contributed by atoms with Gasteiger partial charge in [0.05, 0.1) is 26.0 Å². The van der Waals surface area contributed by atoms with Crippen molar-refractivity contribution in [2.45, 2.75) is 13.0 Å². The highest BCUT2D eigenvalue weighted by Crippen LogP contribution is 2.28. The van der Waals surface area contributed by atoms with Crippen molar-refractivity contribution in [3.05, 3.63) is 58.9 Å². The normalized spacial score (nSPS) is 14.4. The first-order valence-electron chi connectivity index (χ1n) is 9.99. The quantitative estimate of drug-likeness (QED) is 0.599. The van der Waals surface area contributed by atoms with Crippen molar-refractivity contribution < 1.29 is 13.9 Å². The Morgan fingerprint density at radius 1 is 1.23 bits per heavy atom. The van der Waals surface area contributed by atoms with Gasteiger partial charge in [0.15, 0.2) is 5.11 Å². The van der Waals surface area contributed by atoms with Gasteiger partial charge in [-0.25, -0.2) is 4.39 Å². The molecule has 1 heterocycles. The summed E-state index contributed by atoms with van der Waals surface area (Å²) in [7, 11) is 1.61. The van der Waals surface area contributed by atoms with E-state index in [1.165, 1.54) is 12.1 Å². The molecule has 5 nitrogen and oxygen atoms in total. The van der Waals surface area contributed by atoms with Gasteiger partial charge >= 0.3 is 0 Å². The molecule has 1 saturated heterocycles. The van der Waals surface area contributed by atoms with Gasteiger partial charge in [-0.05, 0) is 54.5 Å². The lowest BCUT2D eigenvalue weighted by Crippen LogP contribution is -2.40. The standard InChI is InChI=1S/C22H27ClFN3O2S/c1-28-21-8-5-18(23)15-20(21)25-22(30)27(16-17-3-6-19(24)7-4-17)10-2-9-26-11-13-29-14-12-26/h3-8,15H,2,9-14,16H2,1H3,(H,25,30). The summed E-state index contributed by atoms with van der Waals surface area (Å²) in [5.41, 5.74) is 1.71. The van der Waals surface area contributed by atoms with E-state index >= 15 is 0 Å². The fraction of sp³-hybridized carbons (Fsp3) is 0.409. The number of anilines is 1. The van der Waals surface area contributed by atoms with E-state index in [-0.39, 0.29) is 5.82 Å². The summed E-state index contributed by atoms with van der Waals surface area (Å²) in [6, 6.07) is 11.9. The largest absolute Gasteiger partial charge is 0.495 e. The maximum Gasteiger partial charge on any atom is 0.173 e. The highest BCUT2D eigenvalue weighted by molar-refractivity contribution is 7.80. The Bertz CT molecular complexity index is 832. The van der Waals surface area contributed by atoms with Crippen LogP contribution in [0.1, 0.15) is 12.0 Å². The molecule has 2 aromatic carbocycles. The number of nitrogens with one attached hydrogen (secondary N) is 1. The Hall–Kier alpha value is -1.93. The lowest BCUT2D eigenvalue weighted by atomic mass is 10.2. The fourth-order valence-corrected chi connectivity index (χ4v) is 3.78. The van der Waals surface area contributed by atoms with Crippen LogP contribution >= 0.6 is 23.8 Å². The molecule has 1 N–H and O–H groups in total. The summed E-state index contributed by atoms with van der Waals surface area (Å²) < 4.78 is 24.1. The molecule has 162 valence electrons. The van der Waals surface area contributed by atoms with Crippen LogP contribution in [0.2, 0.25) is 5.02 Å². The zero-order valence-corrected chi connectivity index (χ0v) is 18.6. The van der Waals surface area contributed by atoms with Crippen LogP contribution in [0.15, 0.2) is 42.5 Å². The highest BCUT2D eigenvalue weighted by Gasteiger charge is 2.15. The van der Waals surface area contributed by atoms with Gasteiger partial charge in [0.1, 0.15) is 11.6 Å². The second-order valence-corrected chi connectivity index (χ2v) is 7.95. The van der Waals surface area contributed by atoms with Crippen LogP contribution in [0, 0.1) is 5.82 Å². The van der Waals surface area contributed by atoms with Crippen molar-refractivity contribution in [2.75, 3.05) is 51.8 Å². The summed E-state index contributed by atoms with van der Waals surface area (Å²) in [6.45, 7) is 5.82. The lowest BCUT2D eigenvalue weighted by molar-refractivity contribution is 0.0368. The molecule has 2 aromatic rings. The predicted octanol–water partition coefficient (Wildman–Crippen LogP) is 4.41. The van der Waals surface area contributed by atoms with Crippen LogP contribution in [0.3, 0.4) is 0 Å². The molecular formula is C22H27ClFN3O2S. The molecule has 0 aliphatic carbocycles. The van der Waals surface area contributed by atoms with E-state index in [4.69, 9.17) is 33.3 Å². The summed E-state index contributed by atoms with van der Waals surface area (Å²) in [5.74, 6) is 0.416. The maximum atomic E-state index is 13.3. The van der Waals surface area contributed by atoms with Gasteiger partial charge in [0.25, 0.3) is 0 Å². The minimum absolute atomic E-state index is 0.248. The number of methoxy groups -OCH3 is 1. The molecule has 0 spiro atoms. The number of benzene rings is 2. The number of rotatable bonds is 8. The van der Waals surface area contributed by atoms with Crippen LogP contribution in [-0.4, -0.2) is 61.4 Å². The lowest BCUT2D eigenvalue weighted by Gasteiger charge is -2.30. The Balaban J connectivity index is 1.67. The molecule has 8 heteroatoms. The molecule has 0 bridgehead atoms. The number of ether oxygens (including phenoxy) is 2. The Kier molecular flexibility index (Phi) is 8.69. The van der Waals surface area contributed by atoms with Crippen LogP contribution in [0.5, 0.6) is 5.75 Å². The summed E-state index contributed by atoms with van der Waals surface area (Å²) >= 11 is 11.9. The highest BCUT2D eigenvalue weighted by atomic mass is 35.5. The minimum Gasteiger partial charge on any atom is -0.495 e. The molecular weight excluding hydrogens is 425 g/mol. The van der Waals surface area contributed by atoms with E-state index in [0.29, 0.717) is 28.1 Å². The van der Waals surface area contributed by atoms with Crippen LogP contribution in [-0.2, 0) is 11.3 Å². The van der Waals surface area contributed by atoms with Crippen molar-refractivity contribution in [2.24, 2.45) is 0 Å². The number of thiocarbonyl (C=S) groups is 1. The summed E-state index contributed by atoms with van der Waals surface area (Å²) in [5, 5.41) is 4.43. The topological polar surface area (TPSA) is 37.0 Å². The van der Waals surface area contributed by atoms with E-state index in [2.05, 4.69) is 15.1 Å². The van der Waals surface area contributed by atoms with E-state index in [0.717, 1.165) is 51.4 Å². The van der Waals surface area contributed by atoms with Crippen molar-refractivity contribution in [3.63, 3.8) is 0 Å². The first-order chi connectivity index (χ1) is 14.5. The fourth-order valence-electron chi connectivity index (χ4n) is 3.34. The summed E-state index contributed by atoms with van der Waals surface area (Å²) in [6.07, 6.45) is 0.954. The molecule has 3 rings (SSSR count). The molecule has 1 fully saturated rings. The van der Waals surface area contributed by atoms with Gasteiger partial charge in [-0.3, -0.25) is 4.90 Å². The first-order valence-corrected chi connectivity index (χ1v) is 10.8. The van der Waals surface area contributed by atoms with Crippen LogP contribution in [0.4, 0.5) is 10.1 Å². The third-order valence-electron chi connectivity index (χ3n) is 4.98. The molecule has 0 atom stereocenters. The Labute approximate surface area is 187 Å². The van der Waals surface area contributed by atoms with Crippen LogP contribution < -0.4 is 10.1 Å². The molecule has 0 aromatic heterocycles. The van der Waals surface area contributed by atoms with Gasteiger partial charge in [0.2, 0.25) is 0 Å². The van der Waals surface area contributed by atoms with E-state index < -0.39 is 0 Å². The van der Waals surface area contributed by atoms with Crippen molar-refractivity contribution in [1.29, 1.82) is 0 Å². The van der Waals surface area contributed by atoms with Crippen LogP contribution in [0.25, 0.3) is 0 Å². The molecule has 0 saturated carbocycles. The minimum atomic E-state index is -0.248. The number of nitrogens with zero attached hydrogens (tertiary/aromatic N) is 2. The smallest absolute Gasteiger partial charge is 0.173 e. The third-order valence-corrected chi connectivity index (χ3v) is 5.58. The zero-order valence-electron chi connectivity index (χ0n) is 17.1. The molecule has 1 aliphatic rings. The Morgan fingerprint density at radius 2 is 1.97 bits per heavy atom. The average molecular weight is 452 g/mol. The second-order valence-electron chi connectivity index (χ2n) is 7.13. The van der Waals surface area contributed by atoms with Gasteiger partial charge in [-0.2, -0.15) is 0 Å². The van der Waals surface area contributed by atoms with Crippen molar-refractivity contribution >= 4 is 34.6 Å². The van der Waals surface area contributed by atoms with E-state index in [9.17, 15) is 4.39 Å². The van der Waals surface area contributed by atoms with Crippen molar-refractivity contribution in [1.82, 2.24) is 9.80 Å². The molecule has 0 amide bonds. The van der Waals surface area contributed by atoms with Gasteiger partial charge < -0.3 is 19.7 Å². The number of hydrogen-bond donors (Lipinski definition) is 1. The average Bonchev–Trinajstić information content (AvgIpc) is 2.75. The Morgan fingerprint density at radius 3 is 2.67 bits per heavy atom. The first kappa shape index (κ1) is 22.7. The maximum absolute atomic E-state index is 13.3. The molecule has 0 unspecified atom stereocenters.